The minimum Gasteiger partial charge on any atom is -0.481 e. The van der Waals surface area contributed by atoms with Gasteiger partial charge >= 0.3 is 0 Å². The quantitative estimate of drug-likeness (QED) is 0.565. The molecule has 1 heterocycles. The predicted molar refractivity (Wildman–Crippen MR) is 126 cm³/mol. The molecule has 3 aromatic carbocycles. The smallest absolute Gasteiger partial charge is 0.263 e. The van der Waals surface area contributed by atoms with Crippen molar-refractivity contribution in [1.29, 1.82) is 0 Å². The van der Waals surface area contributed by atoms with Crippen molar-refractivity contribution >= 4 is 23.4 Å². The lowest BCUT2D eigenvalue weighted by Crippen LogP contribution is -2.53. The lowest BCUT2D eigenvalue weighted by atomic mass is 10.0. The number of piperazine rings is 1. The molecule has 1 saturated heterocycles. The van der Waals surface area contributed by atoms with Crippen molar-refractivity contribution in [3.05, 3.63) is 89.4 Å². The molecule has 164 valence electrons. The van der Waals surface area contributed by atoms with E-state index in [1.807, 2.05) is 54.6 Å². The van der Waals surface area contributed by atoms with E-state index in [-0.39, 0.29) is 11.8 Å². The van der Waals surface area contributed by atoms with E-state index in [1.54, 1.807) is 41.0 Å². The molecule has 4 rings (SSSR count). The van der Waals surface area contributed by atoms with E-state index in [1.165, 1.54) is 0 Å². The number of carbonyl (C=O) groups is 2. The molecule has 0 spiro atoms. The highest BCUT2D eigenvalue weighted by atomic mass is 35.5. The SMILES string of the molecule is CC(Oc1ccc(Cl)cc1)C(=O)N1CCN(C(=O)c2ccc(-c3ccccc3)cc2)CC1. The summed E-state index contributed by atoms with van der Waals surface area (Å²) in [5.74, 6) is 0.504. The first-order chi connectivity index (χ1) is 15.5. The van der Waals surface area contributed by atoms with Crippen LogP contribution in [-0.4, -0.2) is 53.9 Å². The van der Waals surface area contributed by atoms with Gasteiger partial charge in [-0.15, -0.1) is 0 Å². The highest BCUT2D eigenvalue weighted by Crippen LogP contribution is 2.21. The van der Waals surface area contributed by atoms with Gasteiger partial charge in [-0.3, -0.25) is 9.59 Å². The van der Waals surface area contributed by atoms with Gasteiger partial charge in [-0.05, 0) is 54.4 Å². The van der Waals surface area contributed by atoms with E-state index in [0.717, 1.165) is 11.1 Å². The summed E-state index contributed by atoms with van der Waals surface area (Å²) in [7, 11) is 0. The molecule has 0 N–H and O–H groups in total. The molecule has 32 heavy (non-hydrogen) atoms. The highest BCUT2D eigenvalue weighted by Gasteiger charge is 2.28. The molecule has 3 aromatic rings. The normalized spacial score (nSPS) is 14.7. The second-order valence-electron chi connectivity index (χ2n) is 7.77. The predicted octanol–water partition coefficient (Wildman–Crippen LogP) is 4.76. The van der Waals surface area contributed by atoms with Gasteiger partial charge in [0.25, 0.3) is 11.8 Å². The summed E-state index contributed by atoms with van der Waals surface area (Å²) in [6.45, 7) is 3.71. The van der Waals surface area contributed by atoms with E-state index >= 15 is 0 Å². The van der Waals surface area contributed by atoms with Crippen LogP contribution < -0.4 is 4.74 Å². The molecule has 1 atom stereocenters. The third-order valence-corrected chi connectivity index (χ3v) is 5.84. The van der Waals surface area contributed by atoms with E-state index in [9.17, 15) is 9.59 Å². The van der Waals surface area contributed by atoms with Crippen molar-refractivity contribution in [2.75, 3.05) is 26.2 Å². The fourth-order valence-electron chi connectivity index (χ4n) is 3.77. The van der Waals surface area contributed by atoms with Gasteiger partial charge in [-0.2, -0.15) is 0 Å². The molecule has 0 aliphatic carbocycles. The van der Waals surface area contributed by atoms with Crippen molar-refractivity contribution in [3.8, 4) is 16.9 Å². The van der Waals surface area contributed by atoms with Gasteiger partial charge in [-0.25, -0.2) is 0 Å². The minimum atomic E-state index is -0.607. The number of hydrogen-bond donors (Lipinski definition) is 0. The fraction of sp³-hybridized carbons (Fsp3) is 0.231. The molecular formula is C26H25ClN2O3. The average Bonchev–Trinajstić information content (AvgIpc) is 2.85. The Bertz CT molecular complexity index is 1060. The van der Waals surface area contributed by atoms with Crippen LogP contribution >= 0.6 is 11.6 Å². The van der Waals surface area contributed by atoms with E-state index in [4.69, 9.17) is 16.3 Å². The fourth-order valence-corrected chi connectivity index (χ4v) is 3.90. The number of hydrogen-bond acceptors (Lipinski definition) is 3. The molecule has 1 fully saturated rings. The highest BCUT2D eigenvalue weighted by molar-refractivity contribution is 6.30. The summed E-state index contributed by atoms with van der Waals surface area (Å²) in [6, 6.07) is 24.7. The van der Waals surface area contributed by atoms with Gasteiger partial charge in [0.1, 0.15) is 5.75 Å². The van der Waals surface area contributed by atoms with Gasteiger partial charge in [0.15, 0.2) is 6.10 Å². The Hall–Kier alpha value is -3.31. The Balaban J connectivity index is 1.31. The number of rotatable bonds is 5. The first-order valence-corrected chi connectivity index (χ1v) is 11.0. The van der Waals surface area contributed by atoms with Crippen molar-refractivity contribution in [2.24, 2.45) is 0 Å². The minimum absolute atomic E-state index is 0.0119. The maximum Gasteiger partial charge on any atom is 0.263 e. The Morgan fingerprint density at radius 2 is 1.34 bits per heavy atom. The number of halogens is 1. The summed E-state index contributed by atoms with van der Waals surface area (Å²) in [4.78, 5) is 29.2. The van der Waals surface area contributed by atoms with Crippen LogP contribution in [0.5, 0.6) is 5.75 Å². The van der Waals surface area contributed by atoms with E-state index in [0.29, 0.717) is 42.5 Å². The molecular weight excluding hydrogens is 424 g/mol. The van der Waals surface area contributed by atoms with Crippen molar-refractivity contribution in [3.63, 3.8) is 0 Å². The zero-order valence-electron chi connectivity index (χ0n) is 17.9. The van der Waals surface area contributed by atoms with E-state index < -0.39 is 6.10 Å². The topological polar surface area (TPSA) is 49.9 Å². The van der Waals surface area contributed by atoms with Crippen LogP contribution in [0.4, 0.5) is 0 Å². The van der Waals surface area contributed by atoms with Gasteiger partial charge in [-0.1, -0.05) is 54.1 Å². The Labute approximate surface area is 193 Å². The number of amides is 2. The molecule has 1 aliphatic rings. The molecule has 0 aromatic heterocycles. The zero-order valence-corrected chi connectivity index (χ0v) is 18.7. The first-order valence-electron chi connectivity index (χ1n) is 10.7. The zero-order chi connectivity index (χ0) is 22.5. The Morgan fingerprint density at radius 1 is 0.781 bits per heavy atom. The molecule has 0 bridgehead atoms. The van der Waals surface area contributed by atoms with Gasteiger partial charge in [0, 0.05) is 36.8 Å². The second kappa shape index (κ2) is 9.88. The van der Waals surface area contributed by atoms with Gasteiger partial charge in [0.2, 0.25) is 0 Å². The van der Waals surface area contributed by atoms with Crippen LogP contribution in [0.1, 0.15) is 17.3 Å². The third-order valence-electron chi connectivity index (χ3n) is 5.59. The maximum absolute atomic E-state index is 12.9. The Morgan fingerprint density at radius 3 is 1.97 bits per heavy atom. The summed E-state index contributed by atoms with van der Waals surface area (Å²) in [6.07, 6.45) is -0.607. The third kappa shape index (κ3) is 5.11. The van der Waals surface area contributed by atoms with Crippen molar-refractivity contribution < 1.29 is 14.3 Å². The first kappa shape index (κ1) is 21.9. The van der Waals surface area contributed by atoms with Crippen LogP contribution in [-0.2, 0) is 4.79 Å². The van der Waals surface area contributed by atoms with Crippen molar-refractivity contribution in [2.45, 2.75) is 13.0 Å². The van der Waals surface area contributed by atoms with Crippen LogP contribution in [0.3, 0.4) is 0 Å². The molecule has 0 radical (unpaired) electrons. The van der Waals surface area contributed by atoms with Crippen molar-refractivity contribution in [1.82, 2.24) is 9.80 Å². The molecule has 1 aliphatic heterocycles. The monoisotopic (exact) mass is 448 g/mol. The molecule has 6 heteroatoms. The summed E-state index contributed by atoms with van der Waals surface area (Å²) >= 11 is 5.89. The Kier molecular flexibility index (Phi) is 6.76. The lowest BCUT2D eigenvalue weighted by Gasteiger charge is -2.36. The van der Waals surface area contributed by atoms with Crippen LogP contribution in [0.2, 0.25) is 5.02 Å². The van der Waals surface area contributed by atoms with Crippen LogP contribution in [0.25, 0.3) is 11.1 Å². The number of benzene rings is 3. The summed E-state index contributed by atoms with van der Waals surface area (Å²) in [5.41, 5.74) is 2.85. The summed E-state index contributed by atoms with van der Waals surface area (Å²) < 4.78 is 5.75. The molecule has 0 saturated carbocycles. The largest absolute Gasteiger partial charge is 0.481 e. The summed E-state index contributed by atoms with van der Waals surface area (Å²) in [5, 5.41) is 0.617. The van der Waals surface area contributed by atoms with Crippen LogP contribution in [0.15, 0.2) is 78.9 Å². The second-order valence-corrected chi connectivity index (χ2v) is 8.21. The number of carbonyl (C=O) groups excluding carboxylic acids is 2. The number of nitrogens with zero attached hydrogens (tertiary/aromatic N) is 2. The van der Waals surface area contributed by atoms with Gasteiger partial charge < -0.3 is 14.5 Å². The maximum atomic E-state index is 12.9. The standard InChI is InChI=1S/C26H25ClN2O3/c1-19(32-24-13-11-23(27)12-14-24)25(30)28-15-17-29(18-16-28)26(31)22-9-7-21(8-10-22)20-5-3-2-4-6-20/h2-14,19H,15-18H2,1H3. The number of ether oxygens (including phenoxy) is 1. The van der Waals surface area contributed by atoms with Crippen LogP contribution in [0, 0.1) is 0 Å². The average molecular weight is 449 g/mol. The molecule has 5 nitrogen and oxygen atoms in total. The lowest BCUT2D eigenvalue weighted by molar-refractivity contribution is -0.139. The molecule has 2 amide bonds. The molecule has 1 unspecified atom stereocenters. The van der Waals surface area contributed by atoms with Gasteiger partial charge in [0.05, 0.1) is 0 Å². The van der Waals surface area contributed by atoms with E-state index in [2.05, 4.69) is 0 Å².